The molecule has 0 spiro atoms. The summed E-state index contributed by atoms with van der Waals surface area (Å²) in [5.41, 5.74) is 6.53. The number of ether oxygens (including phenoxy) is 1. The fourth-order valence-corrected chi connectivity index (χ4v) is 2.07. The van der Waals surface area contributed by atoms with E-state index in [0.29, 0.717) is 18.0 Å². The molecule has 0 unspecified atom stereocenters. The summed E-state index contributed by atoms with van der Waals surface area (Å²) in [4.78, 5) is 0. The molecule has 94 valence electrons. The fraction of sp³-hybridized carbons (Fsp3) is 0.0769. The zero-order valence-corrected chi connectivity index (χ0v) is 11.6. The maximum Gasteiger partial charge on any atom is 0.145 e. The fourth-order valence-electron chi connectivity index (χ4n) is 1.43. The summed E-state index contributed by atoms with van der Waals surface area (Å²) in [5, 5.41) is 0.0713. The van der Waals surface area contributed by atoms with Crippen LogP contribution in [0.3, 0.4) is 0 Å². The van der Waals surface area contributed by atoms with E-state index in [-0.39, 0.29) is 5.02 Å². The molecule has 0 saturated carbocycles. The number of halogens is 3. The average Bonchev–Trinajstić information content (AvgIpc) is 2.34. The number of nitrogens with two attached hydrogens (primary N) is 1. The van der Waals surface area contributed by atoms with Gasteiger partial charge >= 0.3 is 0 Å². The zero-order valence-electron chi connectivity index (χ0n) is 9.29. The van der Waals surface area contributed by atoms with Gasteiger partial charge in [0.2, 0.25) is 0 Å². The van der Waals surface area contributed by atoms with E-state index >= 15 is 0 Å². The Labute approximate surface area is 118 Å². The van der Waals surface area contributed by atoms with E-state index in [1.165, 1.54) is 12.1 Å². The summed E-state index contributed by atoms with van der Waals surface area (Å²) in [6.45, 7) is 0.441. The minimum absolute atomic E-state index is 0.0713. The van der Waals surface area contributed by atoms with Crippen LogP contribution >= 0.6 is 27.5 Å². The Balaban J connectivity index is 2.23. The lowest BCUT2D eigenvalue weighted by atomic mass is 10.2. The van der Waals surface area contributed by atoms with Crippen molar-refractivity contribution in [2.24, 2.45) is 5.73 Å². The van der Waals surface area contributed by atoms with Crippen molar-refractivity contribution in [2.75, 3.05) is 0 Å². The molecule has 0 saturated heterocycles. The van der Waals surface area contributed by atoms with Gasteiger partial charge in [0.15, 0.2) is 0 Å². The van der Waals surface area contributed by atoms with Crippen molar-refractivity contribution in [1.29, 1.82) is 0 Å². The van der Waals surface area contributed by atoms with Gasteiger partial charge in [-0.3, -0.25) is 0 Å². The third-order valence-corrected chi connectivity index (χ3v) is 3.42. The van der Waals surface area contributed by atoms with E-state index in [4.69, 9.17) is 22.1 Å². The first-order valence-electron chi connectivity index (χ1n) is 5.21. The normalized spacial score (nSPS) is 10.4. The maximum absolute atomic E-state index is 13.2. The third kappa shape index (κ3) is 3.02. The highest BCUT2D eigenvalue weighted by atomic mass is 79.9. The molecule has 2 aromatic carbocycles. The number of rotatable bonds is 3. The van der Waals surface area contributed by atoms with Gasteiger partial charge in [0.1, 0.15) is 17.3 Å². The molecule has 0 atom stereocenters. The predicted octanol–water partition coefficient (Wildman–Crippen LogP) is 4.49. The van der Waals surface area contributed by atoms with Gasteiger partial charge in [-0.25, -0.2) is 4.39 Å². The molecule has 0 aliphatic carbocycles. The molecule has 18 heavy (non-hydrogen) atoms. The highest BCUT2D eigenvalue weighted by Gasteiger charge is 2.05. The summed E-state index contributed by atoms with van der Waals surface area (Å²) in [6.07, 6.45) is 0. The molecular formula is C13H10BrClFNO. The Morgan fingerprint density at radius 2 is 1.83 bits per heavy atom. The first kappa shape index (κ1) is 13.3. The van der Waals surface area contributed by atoms with Crippen LogP contribution in [0.5, 0.6) is 11.5 Å². The Hall–Kier alpha value is -1.10. The van der Waals surface area contributed by atoms with Crippen molar-refractivity contribution in [3.63, 3.8) is 0 Å². The monoisotopic (exact) mass is 329 g/mol. The van der Waals surface area contributed by atoms with Gasteiger partial charge in [-0.15, -0.1) is 0 Å². The molecule has 0 aromatic heterocycles. The molecule has 0 amide bonds. The Bertz CT molecular complexity index is 577. The lowest BCUT2D eigenvalue weighted by molar-refractivity contribution is 0.476. The van der Waals surface area contributed by atoms with Gasteiger partial charge in [-0.2, -0.15) is 0 Å². The maximum atomic E-state index is 13.2. The van der Waals surface area contributed by atoms with Crippen LogP contribution in [0.2, 0.25) is 5.02 Å². The van der Waals surface area contributed by atoms with E-state index < -0.39 is 5.82 Å². The summed E-state index contributed by atoms with van der Waals surface area (Å²) in [5.74, 6) is 0.483. The van der Waals surface area contributed by atoms with Crippen LogP contribution in [0.25, 0.3) is 0 Å². The Morgan fingerprint density at radius 3 is 2.44 bits per heavy atom. The van der Waals surface area contributed by atoms with Gasteiger partial charge in [-0.05, 0) is 29.8 Å². The predicted molar refractivity (Wildman–Crippen MR) is 73.5 cm³/mol. The van der Waals surface area contributed by atoms with Gasteiger partial charge in [0.05, 0.1) is 5.02 Å². The van der Waals surface area contributed by atoms with Gasteiger partial charge in [0.25, 0.3) is 0 Å². The second-order valence-electron chi connectivity index (χ2n) is 3.64. The first-order valence-corrected chi connectivity index (χ1v) is 6.38. The summed E-state index contributed by atoms with van der Waals surface area (Å²) in [7, 11) is 0. The smallest absolute Gasteiger partial charge is 0.145 e. The molecule has 5 heteroatoms. The highest BCUT2D eigenvalue weighted by molar-refractivity contribution is 9.10. The summed E-state index contributed by atoms with van der Waals surface area (Å²) >= 11 is 8.99. The van der Waals surface area contributed by atoms with Crippen molar-refractivity contribution in [3.8, 4) is 11.5 Å². The lowest BCUT2D eigenvalue weighted by Gasteiger charge is -2.08. The Kier molecular flexibility index (Phi) is 4.22. The third-order valence-electron chi connectivity index (χ3n) is 2.37. The second kappa shape index (κ2) is 5.69. The van der Waals surface area contributed by atoms with Crippen molar-refractivity contribution in [3.05, 3.63) is 57.3 Å². The molecule has 0 fully saturated rings. The van der Waals surface area contributed by atoms with Crippen LogP contribution < -0.4 is 10.5 Å². The highest BCUT2D eigenvalue weighted by Crippen LogP contribution is 2.28. The van der Waals surface area contributed by atoms with Crippen LogP contribution in [0.1, 0.15) is 5.56 Å². The minimum Gasteiger partial charge on any atom is -0.457 e. The van der Waals surface area contributed by atoms with Crippen LogP contribution in [-0.4, -0.2) is 0 Å². The van der Waals surface area contributed by atoms with Crippen LogP contribution in [-0.2, 0) is 6.54 Å². The van der Waals surface area contributed by atoms with E-state index in [2.05, 4.69) is 15.9 Å². The SMILES string of the molecule is NCc1ccc(Oc2ccc(Cl)c(F)c2)cc1Br. The van der Waals surface area contributed by atoms with E-state index in [1.807, 2.05) is 6.07 Å². The number of benzene rings is 2. The van der Waals surface area contributed by atoms with Crippen molar-refractivity contribution >= 4 is 27.5 Å². The molecule has 2 rings (SSSR count). The van der Waals surface area contributed by atoms with Crippen molar-refractivity contribution < 1.29 is 9.13 Å². The minimum atomic E-state index is -0.508. The molecule has 2 N–H and O–H groups in total. The van der Waals surface area contributed by atoms with Crippen molar-refractivity contribution in [2.45, 2.75) is 6.54 Å². The van der Waals surface area contributed by atoms with Gasteiger partial charge in [-0.1, -0.05) is 33.6 Å². The average molecular weight is 331 g/mol. The van der Waals surface area contributed by atoms with Crippen LogP contribution in [0.15, 0.2) is 40.9 Å². The van der Waals surface area contributed by atoms with E-state index in [9.17, 15) is 4.39 Å². The van der Waals surface area contributed by atoms with E-state index in [1.54, 1.807) is 18.2 Å². The number of hydrogen-bond acceptors (Lipinski definition) is 2. The number of hydrogen-bond donors (Lipinski definition) is 1. The first-order chi connectivity index (χ1) is 8.60. The standard InChI is InChI=1S/C13H10BrClFNO/c14-11-5-9(2-1-8(11)7-17)18-10-3-4-12(15)13(16)6-10/h1-6H,7,17H2. The van der Waals surface area contributed by atoms with Crippen LogP contribution in [0.4, 0.5) is 4.39 Å². The lowest BCUT2D eigenvalue weighted by Crippen LogP contribution is -1.97. The van der Waals surface area contributed by atoms with Gasteiger partial charge in [0, 0.05) is 17.1 Å². The largest absolute Gasteiger partial charge is 0.457 e. The molecule has 0 bridgehead atoms. The van der Waals surface area contributed by atoms with E-state index in [0.717, 1.165) is 10.0 Å². The second-order valence-corrected chi connectivity index (χ2v) is 4.90. The molecule has 2 nitrogen and oxygen atoms in total. The zero-order chi connectivity index (χ0) is 13.1. The molecule has 0 heterocycles. The summed E-state index contributed by atoms with van der Waals surface area (Å²) < 4.78 is 19.6. The molecule has 2 aromatic rings. The Morgan fingerprint density at radius 1 is 1.17 bits per heavy atom. The van der Waals surface area contributed by atoms with Gasteiger partial charge < -0.3 is 10.5 Å². The van der Waals surface area contributed by atoms with Crippen LogP contribution in [0, 0.1) is 5.82 Å². The topological polar surface area (TPSA) is 35.2 Å². The molecular weight excluding hydrogens is 321 g/mol. The van der Waals surface area contributed by atoms with Crippen molar-refractivity contribution in [1.82, 2.24) is 0 Å². The molecule has 0 aliphatic rings. The molecule has 0 aliphatic heterocycles. The quantitative estimate of drug-likeness (QED) is 0.899. The summed E-state index contributed by atoms with van der Waals surface area (Å²) in [6, 6.07) is 9.72. The molecule has 0 radical (unpaired) electrons.